The molecule has 9 aromatic rings. The van der Waals surface area contributed by atoms with Crippen LogP contribution in [0.2, 0.25) is 0 Å². The largest absolute Gasteiger partial charge is 0.212 e. The molecule has 84 heavy (non-hydrogen) atoms. The van der Waals surface area contributed by atoms with Crippen LogP contribution in [0.15, 0.2) is 146 Å². The summed E-state index contributed by atoms with van der Waals surface area (Å²) in [6.07, 6.45) is 10.7. The topological polar surface area (TPSA) is 11.6 Å². The number of aryl methyl sites for hydroxylation is 15. The van der Waals surface area contributed by atoms with Crippen LogP contribution in [0.25, 0.3) is 67.2 Å². The lowest BCUT2D eigenvalue weighted by Gasteiger charge is -2.22. The van der Waals surface area contributed by atoms with Gasteiger partial charge in [-0.05, 0) is 250 Å². The van der Waals surface area contributed by atoms with Gasteiger partial charge in [-0.15, -0.1) is 0 Å². The van der Waals surface area contributed by atoms with Crippen molar-refractivity contribution in [1.82, 2.24) is 0 Å². The highest BCUT2D eigenvalue weighted by Crippen LogP contribution is 2.40. The van der Waals surface area contributed by atoms with Crippen LogP contribution >= 0.6 is 0 Å². The molecule has 0 radical (unpaired) electrons. The van der Waals surface area contributed by atoms with E-state index in [1.54, 1.807) is 109 Å². The monoisotopic (exact) mass is 1130 g/mol. The van der Waals surface area contributed by atoms with Crippen molar-refractivity contribution in [2.75, 3.05) is 0 Å². The molecule has 2 saturated carbocycles. The van der Waals surface area contributed by atoms with Crippen molar-refractivity contribution in [3.8, 4) is 67.2 Å². The molecule has 3 nitrogen and oxygen atoms in total. The Hall–Kier alpha value is -7.23. The van der Waals surface area contributed by atoms with Crippen LogP contribution in [0.1, 0.15) is 198 Å². The Morgan fingerprint density at radius 2 is 0.786 bits per heavy atom. The predicted octanol–water partition coefficient (Wildman–Crippen LogP) is 20.1. The molecular formula is C81H98N3+3. The number of benzene rings is 6. The lowest BCUT2D eigenvalue weighted by Crippen LogP contribution is -2.31. The molecule has 0 bridgehead atoms. The van der Waals surface area contributed by atoms with Crippen LogP contribution in [-0.2, 0) is 27.5 Å². The second-order valence-corrected chi connectivity index (χ2v) is 24.4. The Morgan fingerprint density at radius 1 is 0.381 bits per heavy atom. The third-order valence-electron chi connectivity index (χ3n) is 16.7. The van der Waals surface area contributed by atoms with Crippen LogP contribution in [-0.4, -0.2) is 0 Å². The summed E-state index contributed by atoms with van der Waals surface area (Å²) < 4.78 is 185. The molecule has 0 aliphatic heterocycles. The first-order valence-corrected chi connectivity index (χ1v) is 29.5. The highest BCUT2D eigenvalue weighted by molar-refractivity contribution is 5.79. The molecule has 11 rings (SSSR count). The second-order valence-electron chi connectivity index (χ2n) is 24.4. The van der Waals surface area contributed by atoms with Gasteiger partial charge < -0.3 is 0 Å². The molecule has 0 saturated heterocycles. The molecule has 0 spiro atoms. The van der Waals surface area contributed by atoms with Gasteiger partial charge in [-0.2, -0.15) is 0 Å². The number of nitrogens with zero attached hydrogens (tertiary/aromatic N) is 3. The van der Waals surface area contributed by atoms with E-state index in [4.69, 9.17) is 30.2 Å². The predicted molar refractivity (Wildman–Crippen MR) is 358 cm³/mol. The summed E-state index contributed by atoms with van der Waals surface area (Å²) in [4.78, 5) is 0. The Bertz CT molecular complexity index is 4760. The number of pyridine rings is 3. The maximum Gasteiger partial charge on any atom is 0.212 e. The normalized spacial score (nSPS) is 19.3. The van der Waals surface area contributed by atoms with Gasteiger partial charge in [0.05, 0.1) is 0 Å². The number of hydrogen-bond donors (Lipinski definition) is 0. The molecule has 3 aromatic heterocycles. The minimum absolute atomic E-state index is 0.152. The number of aromatic nitrogens is 3. The minimum atomic E-state index is -2.41. The fourth-order valence-electron chi connectivity index (χ4n) is 11.9. The Kier molecular flexibility index (Phi) is 11.9. The van der Waals surface area contributed by atoms with Gasteiger partial charge in [0, 0.05) is 81.7 Å². The van der Waals surface area contributed by atoms with Gasteiger partial charge in [0.25, 0.3) is 0 Å². The van der Waals surface area contributed by atoms with E-state index in [1.807, 2.05) is 135 Å². The molecule has 2 aliphatic rings. The van der Waals surface area contributed by atoms with Crippen LogP contribution in [0.5, 0.6) is 0 Å². The Balaban J connectivity index is 0.000000184. The van der Waals surface area contributed by atoms with Gasteiger partial charge in [-0.25, -0.2) is 13.7 Å². The third-order valence-corrected chi connectivity index (χ3v) is 16.7. The fourth-order valence-corrected chi connectivity index (χ4v) is 11.9. The summed E-state index contributed by atoms with van der Waals surface area (Å²) in [6, 6.07) is 38.8. The van der Waals surface area contributed by atoms with Crippen molar-refractivity contribution in [3.05, 3.63) is 229 Å². The lowest BCUT2D eigenvalue weighted by molar-refractivity contribution is -0.660. The van der Waals surface area contributed by atoms with E-state index in [-0.39, 0.29) is 22.3 Å². The van der Waals surface area contributed by atoms with E-state index in [2.05, 4.69) is 0 Å². The van der Waals surface area contributed by atoms with Gasteiger partial charge in [0.2, 0.25) is 17.1 Å². The molecule has 6 aromatic carbocycles. The average Bonchev–Trinajstić information content (AvgIpc) is 0.861. The summed E-state index contributed by atoms with van der Waals surface area (Å²) in [7, 11) is 5.39. The van der Waals surface area contributed by atoms with Crippen molar-refractivity contribution >= 4 is 0 Å². The van der Waals surface area contributed by atoms with Crippen molar-refractivity contribution in [3.63, 3.8) is 0 Å². The summed E-state index contributed by atoms with van der Waals surface area (Å²) in [5.74, 6) is -1.18. The van der Waals surface area contributed by atoms with Crippen LogP contribution in [0.3, 0.4) is 0 Å². The summed E-state index contributed by atoms with van der Waals surface area (Å²) in [6.45, 7) is 2.74. The van der Waals surface area contributed by atoms with E-state index in [9.17, 15) is 0 Å². The minimum Gasteiger partial charge on any atom is -0.201 e. The number of hydrogen-bond acceptors (Lipinski definition) is 0. The maximum absolute atomic E-state index is 8.93. The SMILES string of the molecule is [2H]C([2H])([2H])c1c[n+](C)c(-c2cc(-c3ccc(C4([2H])CCCC4)cc3)c(C([2H])([2H])[2H])cc2C)cc1C.[2H]C([2H])([2H])c1c[n+](C)c(-c2cc(-c3cccc(C4([2H])CCCC4)c3)c(C([2H])([2H])[2H])cc2C)cc1C.[2H]C([2H])([2H])c1c[n+](C)c(-c2cc(-c3ccccc3C([2H])([2H])C(C)(C)C)c(C([2H])([2H])[2H])cc2C)cc1C. The van der Waals surface area contributed by atoms with Crippen LogP contribution in [0.4, 0.5) is 0 Å². The molecule has 3 heteroatoms. The average molecular weight is 1140 g/mol. The van der Waals surface area contributed by atoms with Crippen molar-refractivity contribution in [2.24, 2.45) is 26.6 Å². The smallest absolute Gasteiger partial charge is 0.201 e. The highest BCUT2D eigenvalue weighted by Gasteiger charge is 2.24. The van der Waals surface area contributed by atoms with Crippen molar-refractivity contribution < 1.29 is 43.9 Å². The van der Waals surface area contributed by atoms with Crippen molar-refractivity contribution in [2.45, 2.75) is 173 Å². The molecule has 0 unspecified atom stereocenters. The second kappa shape index (κ2) is 25.9. The van der Waals surface area contributed by atoms with E-state index in [1.165, 1.54) is 0 Å². The lowest BCUT2D eigenvalue weighted by atomic mass is 9.83. The molecule has 0 N–H and O–H groups in total. The van der Waals surface area contributed by atoms with Gasteiger partial charge in [-0.3, -0.25) is 0 Å². The van der Waals surface area contributed by atoms with E-state index < -0.39 is 64.7 Å². The molecule has 3 heterocycles. The first kappa shape index (κ1) is 38.7. The van der Waals surface area contributed by atoms with Gasteiger partial charge >= 0.3 is 0 Å². The van der Waals surface area contributed by atoms with Gasteiger partial charge in [-0.1, -0.05) is 137 Å². The third kappa shape index (κ3) is 14.0. The van der Waals surface area contributed by atoms with Crippen LogP contribution in [0, 0.1) is 88.1 Å². The molecular weight excluding hydrogens is 1010 g/mol. The fraction of sp³-hybridized carbons (Fsp3) is 0.370. The molecule has 2 aliphatic carbocycles. The van der Waals surface area contributed by atoms with Gasteiger partial charge in [0.15, 0.2) is 18.6 Å². The van der Waals surface area contributed by atoms with E-state index in [0.29, 0.717) is 55.6 Å². The first-order valence-electron chi connectivity index (χ1n) is 40.5. The summed E-state index contributed by atoms with van der Waals surface area (Å²) >= 11 is 0. The quantitative estimate of drug-likeness (QED) is 0.128. The Morgan fingerprint density at radius 3 is 1.23 bits per heavy atom. The van der Waals surface area contributed by atoms with E-state index >= 15 is 0 Å². The molecule has 2 fully saturated rings. The zero-order valence-corrected chi connectivity index (χ0v) is 51.4. The Labute approximate surface area is 538 Å². The molecule has 434 valence electrons. The number of rotatable bonds is 9. The molecule has 0 atom stereocenters. The standard InChI is InChI=1S/2C27H32N.C27H34N/c1-18-14-27(28(5)17-21(18)4)26-16-25(19(2)13-20(26)3)24-12-8-11-23(15-24)22-9-6-7-10-22;1-18-15-27(28(5)17-21(18)4)26-16-25(19(2)14-20(26)3)24-12-10-23(11-13-24)22-8-6-7-9-22;1-18-14-26(28(8)17-21(18)4)25-15-24(19(2)13-20(25)3)23-12-10-9-11-22(23)16-27(5,6)7/h8,11-17,22H,6-7,9-10H2,1-5H3;10-17,22H,6-9H2,1-5H3;9-15,17H,16H2,1-8H3/q3*+1/i2*2D3,4D3,22D;2D3,4D3,16D2. The van der Waals surface area contributed by atoms with Crippen LogP contribution < -0.4 is 13.7 Å². The zero-order valence-electron chi connectivity index (χ0n) is 73.4. The van der Waals surface area contributed by atoms with Crippen molar-refractivity contribution in [1.29, 1.82) is 0 Å². The summed E-state index contributed by atoms with van der Waals surface area (Å²) in [5, 5.41) is 0. The van der Waals surface area contributed by atoms with Gasteiger partial charge in [0.1, 0.15) is 21.1 Å². The zero-order chi connectivity index (χ0) is 78.9. The first-order chi connectivity index (χ1) is 48.7. The molecule has 0 amide bonds. The maximum atomic E-state index is 8.93. The highest BCUT2D eigenvalue weighted by atomic mass is 14.9. The van der Waals surface area contributed by atoms with E-state index in [0.717, 1.165) is 124 Å². The summed E-state index contributed by atoms with van der Waals surface area (Å²) in [5.41, 5.74) is 16.1.